The molecule has 0 saturated carbocycles. The maximum absolute atomic E-state index is 5.92. The van der Waals surface area contributed by atoms with Crippen LogP contribution in [-0.2, 0) is 13.1 Å². The lowest BCUT2D eigenvalue weighted by molar-refractivity contribution is 0.704. The summed E-state index contributed by atoms with van der Waals surface area (Å²) in [7, 11) is 0. The van der Waals surface area contributed by atoms with Gasteiger partial charge < -0.3 is 10.3 Å². The van der Waals surface area contributed by atoms with Crippen molar-refractivity contribution in [2.75, 3.05) is 0 Å². The minimum Gasteiger partial charge on any atom is -0.324 e. The summed E-state index contributed by atoms with van der Waals surface area (Å²) in [5.74, 6) is 1.58. The number of nitrogens with zero attached hydrogens (tertiary/aromatic N) is 3. The molecule has 0 aliphatic carbocycles. The Bertz CT molecular complexity index is 538. The predicted octanol–water partition coefficient (Wildman–Crippen LogP) is 2.84. The van der Waals surface area contributed by atoms with E-state index in [4.69, 9.17) is 17.3 Å². The highest BCUT2D eigenvalue weighted by atomic mass is 79.9. The van der Waals surface area contributed by atoms with Gasteiger partial charge in [-0.25, -0.2) is 0 Å². The van der Waals surface area contributed by atoms with Crippen LogP contribution in [0.5, 0.6) is 0 Å². The van der Waals surface area contributed by atoms with Crippen molar-refractivity contribution in [2.24, 2.45) is 5.73 Å². The third-order valence-electron chi connectivity index (χ3n) is 2.50. The smallest absolute Gasteiger partial charge is 0.165 e. The van der Waals surface area contributed by atoms with Crippen LogP contribution in [0.3, 0.4) is 0 Å². The molecule has 90 valence electrons. The Labute approximate surface area is 113 Å². The Morgan fingerprint density at radius 1 is 1.41 bits per heavy atom. The molecule has 0 bridgehead atoms. The van der Waals surface area contributed by atoms with Crippen molar-refractivity contribution in [1.82, 2.24) is 14.8 Å². The zero-order valence-corrected chi connectivity index (χ0v) is 11.7. The fraction of sp³-hybridized carbons (Fsp3) is 0.273. The fourth-order valence-corrected chi connectivity index (χ4v) is 2.55. The van der Waals surface area contributed by atoms with Gasteiger partial charge in [-0.3, -0.25) is 0 Å². The van der Waals surface area contributed by atoms with E-state index < -0.39 is 0 Å². The highest BCUT2D eigenvalue weighted by molar-refractivity contribution is 9.10. The predicted molar refractivity (Wildman–Crippen MR) is 71.7 cm³/mol. The van der Waals surface area contributed by atoms with Crippen LogP contribution >= 0.6 is 27.5 Å². The highest BCUT2D eigenvalue weighted by Crippen LogP contribution is 2.29. The summed E-state index contributed by atoms with van der Waals surface area (Å²) in [6.45, 7) is 3.20. The number of hydrogen-bond acceptors (Lipinski definition) is 3. The topological polar surface area (TPSA) is 56.7 Å². The summed E-state index contributed by atoms with van der Waals surface area (Å²) < 4.78 is 2.89. The average Bonchev–Trinajstić information content (AvgIpc) is 2.71. The molecule has 0 saturated heterocycles. The Hall–Kier alpha value is -0.910. The molecule has 0 unspecified atom stereocenters. The molecule has 1 aromatic heterocycles. The number of nitrogens with two attached hydrogens (primary N) is 1. The largest absolute Gasteiger partial charge is 0.324 e. The van der Waals surface area contributed by atoms with Gasteiger partial charge in [0.05, 0.1) is 6.54 Å². The van der Waals surface area contributed by atoms with E-state index in [-0.39, 0.29) is 0 Å². The molecule has 17 heavy (non-hydrogen) atoms. The van der Waals surface area contributed by atoms with Crippen molar-refractivity contribution in [3.63, 3.8) is 0 Å². The van der Waals surface area contributed by atoms with Crippen molar-refractivity contribution in [3.8, 4) is 11.4 Å². The molecule has 2 N–H and O–H groups in total. The Morgan fingerprint density at radius 2 is 2.18 bits per heavy atom. The molecule has 0 fully saturated rings. The maximum atomic E-state index is 5.92. The average molecular weight is 316 g/mol. The van der Waals surface area contributed by atoms with E-state index in [1.165, 1.54) is 0 Å². The van der Waals surface area contributed by atoms with Crippen LogP contribution in [0, 0.1) is 0 Å². The Morgan fingerprint density at radius 3 is 2.76 bits per heavy atom. The fourth-order valence-electron chi connectivity index (χ4n) is 1.69. The van der Waals surface area contributed by atoms with Crippen LogP contribution in [0.25, 0.3) is 11.4 Å². The van der Waals surface area contributed by atoms with Crippen LogP contribution in [0.4, 0.5) is 0 Å². The zero-order chi connectivity index (χ0) is 12.4. The van der Waals surface area contributed by atoms with E-state index >= 15 is 0 Å². The molecule has 4 nitrogen and oxygen atoms in total. The molecule has 2 aromatic rings. The Kier molecular flexibility index (Phi) is 3.81. The van der Waals surface area contributed by atoms with Crippen molar-refractivity contribution in [1.29, 1.82) is 0 Å². The molecule has 6 heteroatoms. The third-order valence-corrected chi connectivity index (χ3v) is 3.39. The minimum absolute atomic E-state index is 0.381. The first-order valence-corrected chi connectivity index (χ1v) is 6.42. The quantitative estimate of drug-likeness (QED) is 0.947. The summed E-state index contributed by atoms with van der Waals surface area (Å²) >= 11 is 9.40. The molecule has 0 atom stereocenters. The monoisotopic (exact) mass is 314 g/mol. The van der Waals surface area contributed by atoms with Gasteiger partial charge in [-0.1, -0.05) is 11.6 Å². The van der Waals surface area contributed by atoms with Gasteiger partial charge in [0.25, 0.3) is 0 Å². The van der Waals surface area contributed by atoms with Crippen LogP contribution in [0.1, 0.15) is 12.7 Å². The summed E-state index contributed by atoms with van der Waals surface area (Å²) in [6, 6.07) is 5.59. The second-order valence-electron chi connectivity index (χ2n) is 3.51. The molecule has 2 rings (SSSR count). The summed E-state index contributed by atoms with van der Waals surface area (Å²) in [4.78, 5) is 0. The third kappa shape index (κ3) is 2.36. The standard InChI is InChI=1S/C11H12BrClN4/c1-2-17-10(6-14)15-16-11(17)8-4-3-7(13)5-9(8)12/h3-5H,2,6,14H2,1H3. The van der Waals surface area contributed by atoms with E-state index in [9.17, 15) is 0 Å². The summed E-state index contributed by atoms with van der Waals surface area (Å²) in [5, 5.41) is 8.94. The highest BCUT2D eigenvalue weighted by Gasteiger charge is 2.13. The molecule has 0 amide bonds. The lowest BCUT2D eigenvalue weighted by Crippen LogP contribution is -2.08. The number of aromatic nitrogens is 3. The van der Waals surface area contributed by atoms with Crippen LogP contribution in [0.2, 0.25) is 5.02 Å². The number of benzene rings is 1. The van der Waals surface area contributed by atoms with E-state index in [2.05, 4.69) is 26.1 Å². The zero-order valence-electron chi connectivity index (χ0n) is 9.32. The van der Waals surface area contributed by atoms with Gasteiger partial charge in [-0.2, -0.15) is 0 Å². The van der Waals surface area contributed by atoms with Crippen LogP contribution in [-0.4, -0.2) is 14.8 Å². The first-order valence-electron chi connectivity index (χ1n) is 5.25. The molecular weight excluding hydrogens is 304 g/mol. The van der Waals surface area contributed by atoms with Crippen LogP contribution in [0.15, 0.2) is 22.7 Å². The molecule has 0 spiro atoms. The number of rotatable bonds is 3. The Balaban J connectivity index is 2.56. The van der Waals surface area contributed by atoms with Crippen molar-refractivity contribution >= 4 is 27.5 Å². The summed E-state index contributed by atoms with van der Waals surface area (Å²) in [5.41, 5.74) is 6.59. The van der Waals surface area contributed by atoms with E-state index in [0.717, 1.165) is 28.2 Å². The van der Waals surface area contributed by atoms with Crippen LogP contribution < -0.4 is 5.73 Å². The normalized spacial score (nSPS) is 10.8. The number of halogens is 2. The molecule has 1 heterocycles. The second-order valence-corrected chi connectivity index (χ2v) is 4.80. The molecular formula is C11H12BrClN4. The van der Waals surface area contributed by atoms with Gasteiger partial charge in [-0.15, -0.1) is 10.2 Å². The molecule has 1 aromatic carbocycles. The van der Waals surface area contributed by atoms with E-state index in [0.29, 0.717) is 11.6 Å². The summed E-state index contributed by atoms with van der Waals surface area (Å²) in [6.07, 6.45) is 0. The van der Waals surface area contributed by atoms with Gasteiger partial charge in [0.1, 0.15) is 5.82 Å². The molecule has 0 aliphatic rings. The molecule has 0 aliphatic heterocycles. The molecule has 0 radical (unpaired) electrons. The van der Waals surface area contributed by atoms with Crippen molar-refractivity contribution < 1.29 is 0 Å². The van der Waals surface area contributed by atoms with Crippen molar-refractivity contribution in [2.45, 2.75) is 20.0 Å². The lowest BCUT2D eigenvalue weighted by Gasteiger charge is -2.08. The van der Waals surface area contributed by atoms with Crippen molar-refractivity contribution in [3.05, 3.63) is 33.5 Å². The minimum atomic E-state index is 0.381. The number of hydrogen-bond donors (Lipinski definition) is 1. The first-order chi connectivity index (χ1) is 8.17. The van der Waals surface area contributed by atoms with Gasteiger partial charge >= 0.3 is 0 Å². The maximum Gasteiger partial charge on any atom is 0.165 e. The van der Waals surface area contributed by atoms with Gasteiger partial charge in [0, 0.05) is 21.6 Å². The van der Waals surface area contributed by atoms with Gasteiger partial charge in [0.2, 0.25) is 0 Å². The first kappa shape index (κ1) is 12.5. The SMILES string of the molecule is CCn1c(CN)nnc1-c1ccc(Cl)cc1Br. The van der Waals surface area contributed by atoms with Gasteiger partial charge in [0.15, 0.2) is 5.82 Å². The van der Waals surface area contributed by atoms with E-state index in [1.54, 1.807) is 0 Å². The van der Waals surface area contributed by atoms with E-state index in [1.807, 2.05) is 29.7 Å². The lowest BCUT2D eigenvalue weighted by atomic mass is 10.2. The van der Waals surface area contributed by atoms with Gasteiger partial charge in [-0.05, 0) is 41.1 Å². The second kappa shape index (κ2) is 5.16.